The number of benzene rings is 1. The van der Waals surface area contributed by atoms with Crippen LogP contribution in [0.15, 0.2) is 34.9 Å². The van der Waals surface area contributed by atoms with Crippen molar-refractivity contribution in [3.05, 3.63) is 40.5 Å². The molecule has 0 saturated carbocycles. The van der Waals surface area contributed by atoms with Gasteiger partial charge in [0, 0.05) is 16.7 Å². The fourth-order valence-electron chi connectivity index (χ4n) is 1.96. The van der Waals surface area contributed by atoms with E-state index in [4.69, 9.17) is 0 Å². The van der Waals surface area contributed by atoms with Gasteiger partial charge < -0.3 is 10.6 Å². The van der Waals surface area contributed by atoms with Crippen molar-refractivity contribution in [3.63, 3.8) is 0 Å². The highest BCUT2D eigenvalue weighted by molar-refractivity contribution is 9.10. The standard InChI is InChI=1S/C13H15BrN2O3S/c14-11-3-1-2-10(8-11)4-6-15-13(17)16-12-5-7-20(18,19)9-12/h1-4,6,8,12H,5,7,9H2,(H2,15,16,17)/b6-4+. The largest absolute Gasteiger partial charge is 0.334 e. The van der Waals surface area contributed by atoms with Crippen LogP contribution in [0.5, 0.6) is 0 Å². The van der Waals surface area contributed by atoms with E-state index < -0.39 is 15.9 Å². The quantitative estimate of drug-likeness (QED) is 0.866. The van der Waals surface area contributed by atoms with Crippen LogP contribution < -0.4 is 10.6 Å². The van der Waals surface area contributed by atoms with Crippen LogP contribution in [0.2, 0.25) is 0 Å². The van der Waals surface area contributed by atoms with Crippen LogP contribution in [0.3, 0.4) is 0 Å². The minimum absolute atomic E-state index is 0.0236. The summed E-state index contributed by atoms with van der Waals surface area (Å²) in [4.78, 5) is 11.6. The van der Waals surface area contributed by atoms with E-state index >= 15 is 0 Å². The van der Waals surface area contributed by atoms with E-state index in [1.807, 2.05) is 24.3 Å². The highest BCUT2D eigenvalue weighted by atomic mass is 79.9. The third-order valence-electron chi connectivity index (χ3n) is 2.91. The molecule has 108 valence electrons. The maximum Gasteiger partial charge on any atom is 0.319 e. The first-order chi connectivity index (χ1) is 9.44. The number of halogens is 1. The van der Waals surface area contributed by atoms with E-state index in [0.717, 1.165) is 10.0 Å². The second-order valence-electron chi connectivity index (χ2n) is 4.61. The first-order valence-electron chi connectivity index (χ1n) is 6.14. The second kappa shape index (κ2) is 6.41. The number of hydrogen-bond acceptors (Lipinski definition) is 3. The smallest absolute Gasteiger partial charge is 0.319 e. The topological polar surface area (TPSA) is 75.3 Å². The molecule has 0 radical (unpaired) electrons. The number of urea groups is 1. The summed E-state index contributed by atoms with van der Waals surface area (Å²) >= 11 is 3.36. The van der Waals surface area contributed by atoms with Gasteiger partial charge in [0.15, 0.2) is 9.84 Å². The van der Waals surface area contributed by atoms with Crippen molar-refractivity contribution in [1.29, 1.82) is 0 Å². The van der Waals surface area contributed by atoms with Crippen molar-refractivity contribution >= 4 is 37.9 Å². The lowest BCUT2D eigenvalue weighted by Gasteiger charge is -2.09. The van der Waals surface area contributed by atoms with Crippen LogP contribution in [0.1, 0.15) is 12.0 Å². The number of rotatable bonds is 3. The Kier molecular flexibility index (Phi) is 4.82. The van der Waals surface area contributed by atoms with Crippen LogP contribution in [-0.4, -0.2) is 32.0 Å². The molecular weight excluding hydrogens is 344 g/mol. The average molecular weight is 359 g/mol. The highest BCUT2D eigenvalue weighted by Crippen LogP contribution is 2.12. The summed E-state index contributed by atoms with van der Waals surface area (Å²) in [6, 6.07) is 6.95. The molecular formula is C13H15BrN2O3S. The van der Waals surface area contributed by atoms with Gasteiger partial charge in [0.2, 0.25) is 0 Å². The summed E-state index contributed by atoms with van der Waals surface area (Å²) in [6.45, 7) is 0. The average Bonchev–Trinajstić information content (AvgIpc) is 2.68. The Morgan fingerprint density at radius 2 is 2.20 bits per heavy atom. The molecule has 0 spiro atoms. The molecule has 1 aliphatic rings. The highest BCUT2D eigenvalue weighted by Gasteiger charge is 2.28. The molecule has 2 amide bonds. The lowest BCUT2D eigenvalue weighted by molar-refractivity contribution is 0.241. The number of hydrogen-bond donors (Lipinski definition) is 2. The molecule has 1 aromatic rings. The summed E-state index contributed by atoms with van der Waals surface area (Å²) in [5.41, 5.74) is 0.947. The normalized spacial score (nSPS) is 20.9. The van der Waals surface area contributed by atoms with Gasteiger partial charge >= 0.3 is 6.03 Å². The zero-order chi connectivity index (χ0) is 14.6. The molecule has 0 aliphatic carbocycles. The fourth-order valence-corrected chi connectivity index (χ4v) is 4.05. The molecule has 1 aliphatic heterocycles. The Bertz CT molecular complexity index is 628. The Labute approximate surface area is 126 Å². The van der Waals surface area contributed by atoms with Gasteiger partial charge in [-0.1, -0.05) is 28.1 Å². The van der Waals surface area contributed by atoms with Gasteiger partial charge in [-0.05, 0) is 30.2 Å². The Balaban J connectivity index is 1.81. The van der Waals surface area contributed by atoms with Crippen LogP contribution in [0, 0.1) is 0 Å². The first kappa shape index (κ1) is 15.1. The zero-order valence-corrected chi connectivity index (χ0v) is 13.1. The molecule has 1 heterocycles. The maximum absolute atomic E-state index is 11.6. The Morgan fingerprint density at radius 3 is 2.85 bits per heavy atom. The predicted octanol–water partition coefficient (Wildman–Crippen LogP) is 1.91. The van der Waals surface area contributed by atoms with Crippen molar-refractivity contribution < 1.29 is 13.2 Å². The third kappa shape index (κ3) is 4.64. The molecule has 1 atom stereocenters. The summed E-state index contributed by atoms with van der Waals surface area (Å²) in [5, 5.41) is 5.21. The van der Waals surface area contributed by atoms with Crippen molar-refractivity contribution in [2.45, 2.75) is 12.5 Å². The molecule has 5 nitrogen and oxygen atoms in total. The van der Waals surface area contributed by atoms with Gasteiger partial charge in [-0.3, -0.25) is 0 Å². The zero-order valence-electron chi connectivity index (χ0n) is 10.7. The number of carbonyl (C=O) groups excluding carboxylic acids is 1. The molecule has 2 N–H and O–H groups in total. The van der Waals surface area contributed by atoms with Crippen molar-refractivity contribution in [2.24, 2.45) is 0 Å². The van der Waals surface area contributed by atoms with Gasteiger partial charge in [0.1, 0.15) is 0 Å². The molecule has 20 heavy (non-hydrogen) atoms. The Morgan fingerprint density at radius 1 is 1.40 bits per heavy atom. The van der Waals surface area contributed by atoms with E-state index in [-0.39, 0.29) is 17.5 Å². The molecule has 0 aromatic heterocycles. The van der Waals surface area contributed by atoms with E-state index in [1.165, 1.54) is 6.20 Å². The molecule has 7 heteroatoms. The SMILES string of the molecule is O=C(N/C=C/c1cccc(Br)c1)NC1CCS(=O)(=O)C1. The molecule has 1 fully saturated rings. The van der Waals surface area contributed by atoms with Gasteiger partial charge in [0.05, 0.1) is 11.5 Å². The van der Waals surface area contributed by atoms with Crippen LogP contribution >= 0.6 is 15.9 Å². The minimum Gasteiger partial charge on any atom is -0.334 e. The van der Waals surface area contributed by atoms with E-state index in [0.29, 0.717) is 6.42 Å². The minimum atomic E-state index is -2.98. The molecule has 1 unspecified atom stereocenters. The lowest BCUT2D eigenvalue weighted by Crippen LogP contribution is -2.40. The van der Waals surface area contributed by atoms with Crippen LogP contribution in [0.4, 0.5) is 4.79 Å². The molecule has 0 bridgehead atoms. The summed E-state index contributed by atoms with van der Waals surface area (Å²) in [5.74, 6) is 0.168. The predicted molar refractivity (Wildman–Crippen MR) is 81.9 cm³/mol. The van der Waals surface area contributed by atoms with Gasteiger partial charge in [-0.2, -0.15) is 0 Å². The molecule has 2 rings (SSSR count). The number of amides is 2. The summed E-state index contributed by atoms with van der Waals surface area (Å²) < 4.78 is 23.5. The number of carbonyl (C=O) groups is 1. The van der Waals surface area contributed by atoms with Crippen LogP contribution in [0.25, 0.3) is 6.08 Å². The number of sulfone groups is 1. The van der Waals surface area contributed by atoms with Crippen molar-refractivity contribution in [2.75, 3.05) is 11.5 Å². The van der Waals surface area contributed by atoms with E-state index in [9.17, 15) is 13.2 Å². The van der Waals surface area contributed by atoms with E-state index in [1.54, 1.807) is 6.08 Å². The molecule has 1 saturated heterocycles. The lowest BCUT2D eigenvalue weighted by atomic mass is 10.2. The second-order valence-corrected chi connectivity index (χ2v) is 7.75. The molecule has 1 aromatic carbocycles. The first-order valence-corrected chi connectivity index (χ1v) is 8.76. The fraction of sp³-hybridized carbons (Fsp3) is 0.308. The summed E-state index contributed by atoms with van der Waals surface area (Å²) in [7, 11) is -2.98. The van der Waals surface area contributed by atoms with E-state index in [2.05, 4.69) is 26.6 Å². The van der Waals surface area contributed by atoms with Gasteiger partial charge in [0.25, 0.3) is 0 Å². The third-order valence-corrected chi connectivity index (χ3v) is 5.17. The van der Waals surface area contributed by atoms with Gasteiger partial charge in [-0.25, -0.2) is 13.2 Å². The van der Waals surface area contributed by atoms with Crippen LogP contribution in [-0.2, 0) is 9.84 Å². The maximum atomic E-state index is 11.6. The number of nitrogens with one attached hydrogen (secondary N) is 2. The monoisotopic (exact) mass is 358 g/mol. The van der Waals surface area contributed by atoms with Crippen molar-refractivity contribution in [3.8, 4) is 0 Å². The summed E-state index contributed by atoms with van der Waals surface area (Å²) in [6.07, 6.45) is 3.77. The van der Waals surface area contributed by atoms with Gasteiger partial charge in [-0.15, -0.1) is 0 Å². The Hall–Kier alpha value is -1.34. The van der Waals surface area contributed by atoms with Crippen molar-refractivity contribution in [1.82, 2.24) is 10.6 Å².